The number of amides is 1. The molecule has 2 heterocycles. The molecule has 0 spiro atoms. The van der Waals surface area contributed by atoms with Gasteiger partial charge in [0.2, 0.25) is 5.95 Å². The molecule has 1 aliphatic rings. The smallest absolute Gasteiger partial charge is 0.251 e. The minimum absolute atomic E-state index is 0. The predicted octanol–water partition coefficient (Wildman–Crippen LogP) is 1.75. The molecule has 156 valence electrons. The number of hydrogen-bond donors (Lipinski definition) is 2. The molecule has 1 aliphatic heterocycles. The van der Waals surface area contributed by atoms with Gasteiger partial charge >= 0.3 is 0 Å². The van der Waals surface area contributed by atoms with Gasteiger partial charge in [-0.15, -0.1) is 37.2 Å². The summed E-state index contributed by atoms with van der Waals surface area (Å²) in [5.74, 6) is 0.738. The highest BCUT2D eigenvalue weighted by molar-refractivity contribution is 5.94. The molecule has 1 fully saturated rings. The van der Waals surface area contributed by atoms with Crippen molar-refractivity contribution in [1.82, 2.24) is 20.2 Å². The molecule has 1 aromatic carbocycles. The highest BCUT2D eigenvalue weighted by atomic mass is 35.5. The van der Waals surface area contributed by atoms with Crippen molar-refractivity contribution in [2.45, 2.75) is 6.54 Å². The molecule has 0 aliphatic carbocycles. The topological polar surface area (TPSA) is 87.4 Å². The summed E-state index contributed by atoms with van der Waals surface area (Å²) in [6.45, 7) is 5.59. The van der Waals surface area contributed by atoms with Gasteiger partial charge in [-0.3, -0.25) is 9.69 Å². The number of carbonyl (C=O) groups excluding carboxylic acids is 1. The van der Waals surface area contributed by atoms with Gasteiger partial charge in [0.05, 0.1) is 0 Å². The summed E-state index contributed by atoms with van der Waals surface area (Å²) in [5, 5.41) is 2.98. The van der Waals surface area contributed by atoms with E-state index in [1.807, 2.05) is 30.3 Å². The van der Waals surface area contributed by atoms with Crippen LogP contribution in [0.25, 0.3) is 0 Å². The highest BCUT2D eigenvalue weighted by Crippen LogP contribution is 2.09. The van der Waals surface area contributed by atoms with Gasteiger partial charge in [-0.2, -0.15) is 0 Å². The van der Waals surface area contributed by atoms with Crippen LogP contribution in [-0.2, 0) is 6.54 Å². The fraction of sp³-hybridized carbons (Fsp3) is 0.389. The zero-order chi connectivity index (χ0) is 17.5. The number of halogens is 3. The van der Waals surface area contributed by atoms with Crippen molar-refractivity contribution in [2.75, 3.05) is 44.2 Å². The minimum atomic E-state index is -0.0494. The molecule has 0 unspecified atom stereocenters. The van der Waals surface area contributed by atoms with Crippen LogP contribution in [0, 0.1) is 0 Å². The van der Waals surface area contributed by atoms with E-state index in [0.717, 1.165) is 44.2 Å². The maximum atomic E-state index is 12.2. The monoisotopic (exact) mass is 448 g/mol. The molecule has 1 saturated heterocycles. The molecule has 28 heavy (non-hydrogen) atoms. The Kier molecular flexibility index (Phi) is 12.7. The lowest BCUT2D eigenvalue weighted by atomic mass is 10.1. The van der Waals surface area contributed by atoms with E-state index in [0.29, 0.717) is 18.7 Å². The van der Waals surface area contributed by atoms with Crippen LogP contribution < -0.4 is 16.0 Å². The third kappa shape index (κ3) is 7.41. The van der Waals surface area contributed by atoms with Crippen LogP contribution in [0.15, 0.2) is 42.7 Å². The molecule has 10 heteroatoms. The van der Waals surface area contributed by atoms with Crippen LogP contribution in [0.4, 0.5) is 5.95 Å². The van der Waals surface area contributed by atoms with Crippen LogP contribution in [0.2, 0.25) is 0 Å². The van der Waals surface area contributed by atoms with Gasteiger partial charge in [-0.1, -0.05) is 12.1 Å². The fourth-order valence-electron chi connectivity index (χ4n) is 2.90. The van der Waals surface area contributed by atoms with E-state index in [1.54, 1.807) is 12.4 Å². The third-order valence-electron chi connectivity index (χ3n) is 4.35. The summed E-state index contributed by atoms with van der Waals surface area (Å²) in [6.07, 6.45) is 3.54. The Hall–Kier alpha value is -1.64. The summed E-state index contributed by atoms with van der Waals surface area (Å²) in [4.78, 5) is 25.3. The van der Waals surface area contributed by atoms with Crippen molar-refractivity contribution in [3.8, 4) is 0 Å². The van der Waals surface area contributed by atoms with Gasteiger partial charge in [0.15, 0.2) is 0 Å². The number of nitrogens with one attached hydrogen (secondary N) is 1. The molecular formula is C18H27Cl3N6O. The van der Waals surface area contributed by atoms with Crippen LogP contribution >= 0.6 is 37.2 Å². The van der Waals surface area contributed by atoms with Gasteiger partial charge in [-0.25, -0.2) is 9.97 Å². The first-order valence-electron chi connectivity index (χ1n) is 8.58. The fourth-order valence-corrected chi connectivity index (χ4v) is 2.90. The number of benzene rings is 1. The summed E-state index contributed by atoms with van der Waals surface area (Å²) in [7, 11) is 0. The number of anilines is 1. The average Bonchev–Trinajstić information content (AvgIpc) is 2.69. The Balaban J connectivity index is 0.00000243. The van der Waals surface area contributed by atoms with E-state index in [9.17, 15) is 4.79 Å². The van der Waals surface area contributed by atoms with Crippen molar-refractivity contribution in [1.29, 1.82) is 0 Å². The third-order valence-corrected chi connectivity index (χ3v) is 4.35. The minimum Gasteiger partial charge on any atom is -0.351 e. The Morgan fingerprint density at radius 1 is 1.04 bits per heavy atom. The second-order valence-corrected chi connectivity index (χ2v) is 6.04. The van der Waals surface area contributed by atoms with Crippen molar-refractivity contribution in [2.24, 2.45) is 5.73 Å². The number of aromatic nitrogens is 2. The lowest BCUT2D eigenvalue weighted by molar-refractivity contribution is 0.0947. The van der Waals surface area contributed by atoms with Gasteiger partial charge in [0.25, 0.3) is 5.91 Å². The van der Waals surface area contributed by atoms with Gasteiger partial charge in [0, 0.05) is 63.8 Å². The summed E-state index contributed by atoms with van der Waals surface area (Å²) in [5.41, 5.74) is 7.24. The zero-order valence-corrected chi connectivity index (χ0v) is 17.9. The number of rotatable bonds is 6. The Bertz CT molecular complexity index is 699. The van der Waals surface area contributed by atoms with E-state index in [1.165, 1.54) is 0 Å². The van der Waals surface area contributed by atoms with Gasteiger partial charge < -0.3 is 16.0 Å². The Labute approximate surface area is 184 Å². The predicted molar refractivity (Wildman–Crippen MR) is 119 cm³/mol. The van der Waals surface area contributed by atoms with Crippen LogP contribution in [0.3, 0.4) is 0 Å². The summed E-state index contributed by atoms with van der Waals surface area (Å²) < 4.78 is 0. The number of nitrogens with two attached hydrogens (primary N) is 1. The first kappa shape index (κ1) is 26.4. The van der Waals surface area contributed by atoms with Crippen molar-refractivity contribution < 1.29 is 4.79 Å². The normalized spacial score (nSPS) is 13.5. The molecule has 0 bridgehead atoms. The number of hydrogen-bond acceptors (Lipinski definition) is 6. The SMILES string of the molecule is Cl.Cl.Cl.NCc1cccc(C(=O)NCCN2CCN(c3ncccn3)CC2)c1. The van der Waals surface area contributed by atoms with E-state index >= 15 is 0 Å². The molecule has 1 amide bonds. The van der Waals surface area contributed by atoms with Crippen LogP contribution in [0.1, 0.15) is 15.9 Å². The number of carbonyl (C=O) groups is 1. The quantitative estimate of drug-likeness (QED) is 0.699. The maximum Gasteiger partial charge on any atom is 0.251 e. The summed E-state index contributed by atoms with van der Waals surface area (Å²) >= 11 is 0. The zero-order valence-electron chi connectivity index (χ0n) is 15.5. The second-order valence-electron chi connectivity index (χ2n) is 6.04. The average molecular weight is 450 g/mol. The highest BCUT2D eigenvalue weighted by Gasteiger charge is 2.18. The molecule has 1 aromatic heterocycles. The number of piperazine rings is 1. The second kappa shape index (κ2) is 13.5. The summed E-state index contributed by atoms with van der Waals surface area (Å²) in [6, 6.07) is 9.27. The lowest BCUT2D eigenvalue weighted by Crippen LogP contribution is -2.49. The van der Waals surface area contributed by atoms with Crippen LogP contribution in [0.5, 0.6) is 0 Å². The largest absolute Gasteiger partial charge is 0.351 e. The first-order chi connectivity index (χ1) is 12.3. The lowest BCUT2D eigenvalue weighted by Gasteiger charge is -2.34. The molecule has 3 N–H and O–H groups in total. The van der Waals surface area contributed by atoms with Crippen molar-refractivity contribution in [3.63, 3.8) is 0 Å². The van der Waals surface area contributed by atoms with Gasteiger partial charge in [0.1, 0.15) is 0 Å². The molecule has 0 radical (unpaired) electrons. The van der Waals surface area contributed by atoms with Crippen molar-refractivity contribution in [3.05, 3.63) is 53.9 Å². The molecule has 7 nitrogen and oxygen atoms in total. The van der Waals surface area contributed by atoms with Crippen molar-refractivity contribution >= 4 is 49.1 Å². The van der Waals surface area contributed by atoms with E-state index in [-0.39, 0.29) is 43.1 Å². The first-order valence-corrected chi connectivity index (χ1v) is 8.58. The molecule has 2 aromatic rings. The van der Waals surface area contributed by atoms with E-state index < -0.39 is 0 Å². The Morgan fingerprint density at radius 2 is 1.71 bits per heavy atom. The standard InChI is InChI=1S/C18H24N6O.3ClH/c19-14-15-3-1-4-16(13-15)17(25)20-7-8-23-9-11-24(12-10-23)18-21-5-2-6-22-18;;;/h1-6,13H,7-12,14,19H2,(H,20,25);3*1H. The molecular weight excluding hydrogens is 423 g/mol. The number of nitrogens with zero attached hydrogens (tertiary/aromatic N) is 4. The molecule has 0 saturated carbocycles. The van der Waals surface area contributed by atoms with Crippen LogP contribution in [-0.4, -0.2) is 60.0 Å². The Morgan fingerprint density at radius 3 is 2.36 bits per heavy atom. The molecule has 3 rings (SSSR count). The van der Waals surface area contributed by atoms with E-state index in [4.69, 9.17) is 5.73 Å². The van der Waals surface area contributed by atoms with E-state index in [2.05, 4.69) is 25.1 Å². The van der Waals surface area contributed by atoms with Gasteiger partial charge in [-0.05, 0) is 23.8 Å². The maximum absolute atomic E-state index is 12.2. The molecule has 0 atom stereocenters.